The van der Waals surface area contributed by atoms with Crippen molar-refractivity contribution >= 4 is 24.1 Å². The number of carbonyl (C=O) groups excluding carboxylic acids is 4. The molecule has 0 fully saturated rings. The van der Waals surface area contributed by atoms with E-state index in [1.807, 2.05) is 58.0 Å². The lowest BCUT2D eigenvalue weighted by Gasteiger charge is -2.26. The fourth-order valence-corrected chi connectivity index (χ4v) is 2.65. The van der Waals surface area contributed by atoms with Gasteiger partial charge in [-0.3, -0.25) is 14.4 Å². The van der Waals surface area contributed by atoms with Crippen LogP contribution in [0.4, 0.5) is 4.79 Å². The Morgan fingerprint density at radius 2 is 1.71 bits per heavy atom. The molecule has 0 aliphatic heterocycles. The molecular weight excluding hydrogens is 360 g/mol. The van der Waals surface area contributed by atoms with Crippen LogP contribution in [0.15, 0.2) is 30.3 Å². The van der Waals surface area contributed by atoms with E-state index < -0.39 is 29.9 Å². The van der Waals surface area contributed by atoms with Gasteiger partial charge >= 0.3 is 6.09 Å². The van der Waals surface area contributed by atoms with Gasteiger partial charge in [0.2, 0.25) is 11.7 Å². The van der Waals surface area contributed by atoms with Crippen LogP contribution in [0.25, 0.3) is 0 Å². The summed E-state index contributed by atoms with van der Waals surface area (Å²) < 4.78 is 5.19. The van der Waals surface area contributed by atoms with Gasteiger partial charge in [-0.1, -0.05) is 64.4 Å². The Kier molecular flexibility index (Phi) is 9.92. The number of amides is 2. The minimum absolute atomic E-state index is 0.0844. The van der Waals surface area contributed by atoms with E-state index in [0.29, 0.717) is 12.8 Å². The fourth-order valence-electron chi connectivity index (χ4n) is 2.65. The minimum Gasteiger partial charge on any atom is -0.445 e. The maximum Gasteiger partial charge on any atom is 0.408 e. The molecule has 154 valence electrons. The first-order valence-corrected chi connectivity index (χ1v) is 9.55. The predicted octanol–water partition coefficient (Wildman–Crippen LogP) is 2.63. The molecule has 0 saturated carbocycles. The molecule has 0 spiro atoms. The molecule has 28 heavy (non-hydrogen) atoms. The average Bonchev–Trinajstić information content (AvgIpc) is 2.69. The number of hydrogen-bond acceptors (Lipinski definition) is 5. The largest absolute Gasteiger partial charge is 0.445 e. The number of hydrogen-bond donors (Lipinski definition) is 2. The highest BCUT2D eigenvalue weighted by Crippen LogP contribution is 2.11. The number of nitrogens with one attached hydrogen (secondary N) is 2. The van der Waals surface area contributed by atoms with Crippen molar-refractivity contribution < 1.29 is 23.9 Å². The standard InChI is InChI=1S/C21H30N2O5/c1-5-15(4)19(20(26)22-17(11-14(2)3)18(25)12-24)23-21(27)28-13-16-9-7-6-8-10-16/h6-10,12,14-15,17,19H,5,11,13H2,1-4H3,(H,22,26)(H,23,27)/t15-,17-,19-/m0/s1. The molecule has 3 atom stereocenters. The summed E-state index contributed by atoms with van der Waals surface area (Å²) in [5.41, 5.74) is 0.829. The van der Waals surface area contributed by atoms with Crippen LogP contribution >= 0.6 is 0 Å². The van der Waals surface area contributed by atoms with Crippen molar-refractivity contribution in [2.45, 2.75) is 59.2 Å². The van der Waals surface area contributed by atoms with E-state index in [1.54, 1.807) is 0 Å². The van der Waals surface area contributed by atoms with Crippen molar-refractivity contribution in [1.82, 2.24) is 10.6 Å². The Labute approximate surface area is 166 Å². The predicted molar refractivity (Wildman–Crippen MR) is 105 cm³/mol. The van der Waals surface area contributed by atoms with Gasteiger partial charge in [0.15, 0.2) is 6.29 Å². The topological polar surface area (TPSA) is 102 Å². The summed E-state index contributed by atoms with van der Waals surface area (Å²) >= 11 is 0. The summed E-state index contributed by atoms with van der Waals surface area (Å²) in [4.78, 5) is 47.6. The van der Waals surface area contributed by atoms with Crippen LogP contribution in [0, 0.1) is 11.8 Å². The lowest BCUT2D eigenvalue weighted by atomic mass is 9.96. The zero-order valence-electron chi connectivity index (χ0n) is 16.9. The Morgan fingerprint density at radius 3 is 2.25 bits per heavy atom. The molecule has 1 aromatic rings. The Morgan fingerprint density at radius 1 is 1.07 bits per heavy atom. The van der Waals surface area contributed by atoms with E-state index in [9.17, 15) is 19.2 Å². The smallest absolute Gasteiger partial charge is 0.408 e. The van der Waals surface area contributed by atoms with Crippen molar-refractivity contribution in [2.24, 2.45) is 11.8 Å². The van der Waals surface area contributed by atoms with Crippen molar-refractivity contribution in [3.63, 3.8) is 0 Å². The van der Waals surface area contributed by atoms with Crippen molar-refractivity contribution in [1.29, 1.82) is 0 Å². The number of ether oxygens (including phenoxy) is 1. The molecule has 0 aliphatic carbocycles. The van der Waals surface area contributed by atoms with E-state index >= 15 is 0 Å². The lowest BCUT2D eigenvalue weighted by Crippen LogP contribution is -2.54. The lowest BCUT2D eigenvalue weighted by molar-refractivity contribution is -0.134. The van der Waals surface area contributed by atoms with Crippen LogP contribution in [0.2, 0.25) is 0 Å². The van der Waals surface area contributed by atoms with Crippen molar-refractivity contribution in [2.75, 3.05) is 0 Å². The van der Waals surface area contributed by atoms with Gasteiger partial charge in [-0.05, 0) is 23.8 Å². The second kappa shape index (κ2) is 11.9. The van der Waals surface area contributed by atoms with Gasteiger partial charge in [0.1, 0.15) is 12.6 Å². The second-order valence-electron chi connectivity index (χ2n) is 7.28. The normalized spacial score (nSPS) is 13.9. The first-order chi connectivity index (χ1) is 13.3. The number of benzene rings is 1. The van der Waals surface area contributed by atoms with Gasteiger partial charge in [-0.15, -0.1) is 0 Å². The minimum atomic E-state index is -0.904. The van der Waals surface area contributed by atoms with Crippen LogP contribution in [0.5, 0.6) is 0 Å². The van der Waals surface area contributed by atoms with E-state index in [0.717, 1.165) is 5.56 Å². The van der Waals surface area contributed by atoms with Gasteiger partial charge in [-0.25, -0.2) is 4.79 Å². The summed E-state index contributed by atoms with van der Waals surface area (Å²) in [5.74, 6) is -1.26. The average molecular weight is 390 g/mol. The summed E-state index contributed by atoms with van der Waals surface area (Å²) in [7, 11) is 0. The second-order valence-corrected chi connectivity index (χ2v) is 7.28. The number of alkyl carbamates (subject to hydrolysis) is 1. The Bertz CT molecular complexity index is 660. The molecule has 0 heterocycles. The molecule has 7 nitrogen and oxygen atoms in total. The van der Waals surface area contributed by atoms with Crippen molar-refractivity contribution in [3.8, 4) is 0 Å². The Hall–Kier alpha value is -2.70. The summed E-state index contributed by atoms with van der Waals surface area (Å²) in [6.45, 7) is 7.58. The quantitative estimate of drug-likeness (QED) is 0.447. The third kappa shape index (κ3) is 7.90. The molecule has 0 aliphatic rings. The number of Topliss-reactive ketones (excluding diaryl/α,β-unsaturated/α-hetero) is 1. The number of rotatable bonds is 11. The molecular formula is C21H30N2O5. The summed E-state index contributed by atoms with van der Waals surface area (Å²) in [5, 5.41) is 5.18. The maximum atomic E-state index is 12.7. The zero-order valence-corrected chi connectivity index (χ0v) is 16.9. The molecule has 2 amide bonds. The maximum absolute atomic E-state index is 12.7. The van der Waals surface area contributed by atoms with Crippen LogP contribution in [-0.4, -0.2) is 36.2 Å². The van der Waals surface area contributed by atoms with Crippen LogP contribution in [0.1, 0.15) is 46.1 Å². The van der Waals surface area contributed by atoms with Crippen LogP contribution in [-0.2, 0) is 25.7 Å². The molecule has 0 bridgehead atoms. The molecule has 1 aromatic carbocycles. The van der Waals surface area contributed by atoms with E-state index in [4.69, 9.17) is 4.74 Å². The summed E-state index contributed by atoms with van der Waals surface area (Å²) in [6, 6.07) is 7.42. The first-order valence-electron chi connectivity index (χ1n) is 9.55. The van der Waals surface area contributed by atoms with Gasteiger partial charge in [0.05, 0.1) is 6.04 Å². The molecule has 0 unspecified atom stereocenters. The molecule has 1 rings (SSSR count). The monoisotopic (exact) mass is 390 g/mol. The molecule has 7 heteroatoms. The molecule has 0 radical (unpaired) electrons. The van der Waals surface area contributed by atoms with Crippen molar-refractivity contribution in [3.05, 3.63) is 35.9 Å². The molecule has 0 aromatic heterocycles. The third-order valence-electron chi connectivity index (χ3n) is 4.46. The Balaban J connectivity index is 2.76. The fraction of sp³-hybridized carbons (Fsp3) is 0.524. The molecule has 0 saturated heterocycles. The van der Waals surface area contributed by atoms with E-state index in [1.165, 1.54) is 0 Å². The van der Waals surface area contributed by atoms with E-state index in [2.05, 4.69) is 10.6 Å². The highest BCUT2D eigenvalue weighted by atomic mass is 16.5. The summed E-state index contributed by atoms with van der Waals surface area (Å²) in [6.07, 6.45) is 0.474. The van der Waals surface area contributed by atoms with Crippen LogP contribution in [0.3, 0.4) is 0 Å². The highest BCUT2D eigenvalue weighted by Gasteiger charge is 2.30. The molecule has 2 N–H and O–H groups in total. The first kappa shape index (κ1) is 23.3. The van der Waals surface area contributed by atoms with Gasteiger partial charge in [-0.2, -0.15) is 0 Å². The van der Waals surface area contributed by atoms with Gasteiger partial charge in [0.25, 0.3) is 0 Å². The van der Waals surface area contributed by atoms with Gasteiger partial charge in [0, 0.05) is 0 Å². The number of ketones is 1. The number of aldehydes is 1. The number of carbonyl (C=O) groups is 4. The highest BCUT2D eigenvalue weighted by molar-refractivity contribution is 6.28. The third-order valence-corrected chi connectivity index (χ3v) is 4.46. The SMILES string of the molecule is CC[C@H](C)[C@H](NC(=O)OCc1ccccc1)C(=O)N[C@@H](CC(C)C)C(=O)C=O. The van der Waals surface area contributed by atoms with Gasteiger partial charge < -0.3 is 15.4 Å². The van der Waals surface area contributed by atoms with E-state index in [-0.39, 0.29) is 24.7 Å². The zero-order chi connectivity index (χ0) is 21.1. The van der Waals surface area contributed by atoms with Crippen LogP contribution < -0.4 is 10.6 Å².